The van der Waals surface area contributed by atoms with Crippen molar-refractivity contribution in [2.45, 2.75) is 25.0 Å². The van der Waals surface area contributed by atoms with Gasteiger partial charge in [0.2, 0.25) is 0 Å². The maximum atomic E-state index is 14.8. The molecule has 2 atom stereocenters. The van der Waals surface area contributed by atoms with E-state index in [0.29, 0.717) is 33.9 Å². The summed E-state index contributed by atoms with van der Waals surface area (Å²) in [5.74, 6) is 1.51. The van der Waals surface area contributed by atoms with Crippen LogP contribution in [0.1, 0.15) is 29.7 Å². The second-order valence-electron chi connectivity index (χ2n) is 10.8. The number of esters is 1. The van der Waals surface area contributed by atoms with Crippen molar-refractivity contribution >= 4 is 13.8 Å². The summed E-state index contributed by atoms with van der Waals surface area (Å²) in [6, 6.07) is 38.3. The standard InChI is InChI=1S/C38H37O9P/c1-38(30-21-24-31(41-2)25-22-30,37(39)44-27-29-20-23-34(42-3)26-35(29)43-4)36(28-14-8-5-9-15-28)47-48(40,45-32-16-10-6-11-17-32)46-33-18-12-7-13-19-33/h5-26,36H,27H2,1-4H3. The van der Waals surface area contributed by atoms with E-state index in [1.54, 1.807) is 149 Å². The molecule has 0 fully saturated rings. The SMILES string of the molecule is COc1ccc(C(C)(C(=O)OCc2ccc(OC)cc2OC)C(OP(=O)(Oc2ccccc2)Oc2ccccc2)c2ccccc2)cc1. The van der Waals surface area contributed by atoms with Gasteiger partial charge in [0.25, 0.3) is 0 Å². The van der Waals surface area contributed by atoms with Crippen molar-refractivity contribution in [3.8, 4) is 28.7 Å². The lowest BCUT2D eigenvalue weighted by atomic mass is 9.75. The number of hydrogen-bond donors (Lipinski definition) is 0. The lowest BCUT2D eigenvalue weighted by Gasteiger charge is -2.37. The fourth-order valence-electron chi connectivity index (χ4n) is 5.12. The molecular formula is C38H37O9P. The molecule has 0 aliphatic heterocycles. The zero-order chi connectivity index (χ0) is 34.0. The van der Waals surface area contributed by atoms with Crippen LogP contribution in [-0.2, 0) is 30.6 Å². The number of para-hydroxylation sites is 2. The maximum absolute atomic E-state index is 14.8. The predicted molar refractivity (Wildman–Crippen MR) is 182 cm³/mol. The van der Waals surface area contributed by atoms with E-state index < -0.39 is 25.3 Å². The number of carbonyl (C=O) groups excluding carboxylic acids is 1. The van der Waals surface area contributed by atoms with E-state index in [-0.39, 0.29) is 18.1 Å². The summed E-state index contributed by atoms with van der Waals surface area (Å²) < 4.78 is 55.6. The monoisotopic (exact) mass is 668 g/mol. The maximum Gasteiger partial charge on any atom is 0.588 e. The van der Waals surface area contributed by atoms with Crippen molar-refractivity contribution in [3.63, 3.8) is 0 Å². The molecule has 10 heteroatoms. The molecule has 0 aliphatic carbocycles. The van der Waals surface area contributed by atoms with Gasteiger partial charge >= 0.3 is 13.8 Å². The van der Waals surface area contributed by atoms with Gasteiger partial charge in [-0.1, -0.05) is 78.9 Å². The van der Waals surface area contributed by atoms with Crippen molar-refractivity contribution in [2.24, 2.45) is 0 Å². The average molecular weight is 669 g/mol. The smallest absolute Gasteiger partial charge is 0.497 e. The molecule has 0 saturated carbocycles. The Morgan fingerprint density at radius 3 is 1.69 bits per heavy atom. The third-order valence-electron chi connectivity index (χ3n) is 7.75. The van der Waals surface area contributed by atoms with E-state index in [2.05, 4.69) is 0 Å². The van der Waals surface area contributed by atoms with E-state index >= 15 is 0 Å². The van der Waals surface area contributed by atoms with E-state index in [1.807, 2.05) is 6.07 Å². The first kappa shape index (κ1) is 34.1. The lowest BCUT2D eigenvalue weighted by Crippen LogP contribution is -2.41. The Labute approximate surface area is 280 Å². The van der Waals surface area contributed by atoms with Crippen molar-refractivity contribution in [1.29, 1.82) is 0 Å². The first-order valence-electron chi connectivity index (χ1n) is 15.1. The molecule has 5 aromatic rings. The van der Waals surface area contributed by atoms with Crippen LogP contribution in [0.3, 0.4) is 0 Å². The summed E-state index contributed by atoms with van der Waals surface area (Å²) >= 11 is 0. The number of phosphoric acid groups is 1. The van der Waals surface area contributed by atoms with Crippen LogP contribution in [0, 0.1) is 0 Å². The van der Waals surface area contributed by atoms with Crippen molar-refractivity contribution in [3.05, 3.63) is 150 Å². The van der Waals surface area contributed by atoms with E-state index in [1.165, 1.54) is 7.11 Å². The Morgan fingerprint density at radius 1 is 0.646 bits per heavy atom. The predicted octanol–water partition coefficient (Wildman–Crippen LogP) is 8.74. The minimum atomic E-state index is -4.52. The van der Waals surface area contributed by atoms with Crippen molar-refractivity contribution < 1.29 is 41.9 Å². The fraction of sp³-hybridized carbons (Fsp3) is 0.184. The molecule has 0 amide bonds. The van der Waals surface area contributed by atoms with Crippen LogP contribution in [0.25, 0.3) is 0 Å². The van der Waals surface area contributed by atoms with Crippen LogP contribution in [0.15, 0.2) is 133 Å². The fourth-order valence-corrected chi connectivity index (χ4v) is 6.59. The molecule has 2 unspecified atom stereocenters. The van der Waals surface area contributed by atoms with Crippen LogP contribution in [0.4, 0.5) is 0 Å². The highest BCUT2D eigenvalue weighted by molar-refractivity contribution is 7.49. The molecule has 9 nitrogen and oxygen atoms in total. The number of ether oxygens (including phenoxy) is 4. The lowest BCUT2D eigenvalue weighted by molar-refractivity contribution is -0.156. The number of benzene rings is 5. The molecule has 0 heterocycles. The second-order valence-corrected chi connectivity index (χ2v) is 12.3. The Bertz CT molecular complexity index is 1770. The van der Waals surface area contributed by atoms with Gasteiger partial charge in [-0.2, -0.15) is 0 Å². The molecule has 5 aromatic carbocycles. The number of methoxy groups -OCH3 is 3. The minimum Gasteiger partial charge on any atom is -0.497 e. The molecule has 248 valence electrons. The number of carbonyl (C=O) groups is 1. The van der Waals surface area contributed by atoms with E-state index in [9.17, 15) is 9.36 Å². The Balaban J connectivity index is 1.61. The van der Waals surface area contributed by atoms with Crippen molar-refractivity contribution in [1.82, 2.24) is 0 Å². The summed E-state index contributed by atoms with van der Waals surface area (Å²) in [6.07, 6.45) is -1.24. The molecule has 0 saturated heterocycles. The molecule has 0 bridgehead atoms. The highest BCUT2D eigenvalue weighted by Gasteiger charge is 2.51. The molecule has 48 heavy (non-hydrogen) atoms. The average Bonchev–Trinajstić information content (AvgIpc) is 3.13. The summed E-state index contributed by atoms with van der Waals surface area (Å²) in [5.41, 5.74) is 0.0490. The zero-order valence-electron chi connectivity index (χ0n) is 27.1. The summed E-state index contributed by atoms with van der Waals surface area (Å²) in [5, 5.41) is 0. The minimum absolute atomic E-state index is 0.127. The molecule has 0 spiro atoms. The molecule has 5 rings (SSSR count). The van der Waals surface area contributed by atoms with Gasteiger partial charge in [-0.15, -0.1) is 0 Å². The van der Waals surface area contributed by atoms with Gasteiger partial charge in [-0.3, -0.25) is 9.32 Å². The van der Waals surface area contributed by atoms with Gasteiger partial charge in [0, 0.05) is 11.6 Å². The second kappa shape index (κ2) is 15.6. The summed E-state index contributed by atoms with van der Waals surface area (Å²) in [7, 11) is 0.114. The number of hydrogen-bond acceptors (Lipinski definition) is 9. The molecule has 0 aromatic heterocycles. The van der Waals surface area contributed by atoms with Gasteiger partial charge in [0.05, 0.1) is 21.3 Å². The van der Waals surface area contributed by atoms with Crippen LogP contribution >= 0.6 is 7.82 Å². The Hall–Kier alpha value is -5.24. The van der Waals surface area contributed by atoms with Crippen LogP contribution in [-0.4, -0.2) is 27.3 Å². The molecule has 0 N–H and O–H groups in total. The first-order chi connectivity index (χ1) is 23.3. The third kappa shape index (κ3) is 8.00. The Kier molecular flexibility index (Phi) is 11.1. The first-order valence-corrected chi connectivity index (χ1v) is 16.6. The van der Waals surface area contributed by atoms with Crippen molar-refractivity contribution in [2.75, 3.05) is 21.3 Å². The molecule has 0 aliphatic rings. The Morgan fingerprint density at radius 2 is 1.17 bits per heavy atom. The summed E-state index contributed by atoms with van der Waals surface area (Å²) in [6.45, 7) is 1.55. The summed E-state index contributed by atoms with van der Waals surface area (Å²) in [4.78, 5) is 14.6. The highest BCUT2D eigenvalue weighted by atomic mass is 31.2. The van der Waals surface area contributed by atoms with Gasteiger partial charge < -0.3 is 28.0 Å². The van der Waals surface area contributed by atoms with E-state index in [4.69, 9.17) is 32.5 Å². The van der Waals surface area contributed by atoms with Gasteiger partial charge in [0.15, 0.2) is 0 Å². The number of phosphoric ester groups is 1. The number of rotatable bonds is 15. The topological polar surface area (TPSA) is 98.8 Å². The van der Waals surface area contributed by atoms with Gasteiger partial charge in [0.1, 0.15) is 46.9 Å². The van der Waals surface area contributed by atoms with Crippen LogP contribution in [0.2, 0.25) is 0 Å². The van der Waals surface area contributed by atoms with Crippen LogP contribution < -0.4 is 23.3 Å². The normalized spacial score (nSPS) is 13.0. The van der Waals surface area contributed by atoms with E-state index in [0.717, 1.165) is 0 Å². The highest BCUT2D eigenvalue weighted by Crippen LogP contribution is 2.57. The largest absolute Gasteiger partial charge is 0.588 e. The molecule has 0 radical (unpaired) electrons. The zero-order valence-corrected chi connectivity index (χ0v) is 28.0. The quantitative estimate of drug-likeness (QED) is 0.0801. The van der Waals surface area contributed by atoms with Crippen LogP contribution in [0.5, 0.6) is 28.7 Å². The van der Waals surface area contributed by atoms with Gasteiger partial charge in [-0.05, 0) is 66.6 Å². The third-order valence-corrected chi connectivity index (χ3v) is 9.09. The molecular weight excluding hydrogens is 631 g/mol. The van der Waals surface area contributed by atoms with Gasteiger partial charge in [-0.25, -0.2) is 4.57 Å².